The quantitative estimate of drug-likeness (QED) is 0.836. The Bertz CT molecular complexity index is 484. The number of likely N-dealkylation sites (N-methyl/N-ethyl adjacent to an activating group) is 1. The monoisotopic (exact) mass is 293 g/mol. The molecule has 1 fully saturated rings. The summed E-state index contributed by atoms with van der Waals surface area (Å²) in [5.74, 6) is -0.426. The molecule has 1 amide bonds. The number of amides is 1. The molecule has 1 aliphatic rings. The lowest BCUT2D eigenvalue weighted by Crippen LogP contribution is -2.45. The van der Waals surface area contributed by atoms with Crippen molar-refractivity contribution < 1.29 is 9.18 Å². The van der Waals surface area contributed by atoms with Crippen molar-refractivity contribution in [2.75, 3.05) is 46.3 Å². The normalized spacial score (nSPS) is 16.9. The molecule has 0 radical (unpaired) electrons. The molecule has 0 atom stereocenters. The molecule has 0 spiro atoms. The number of aryl methyl sites for hydroxylation is 1. The second-order valence-electron chi connectivity index (χ2n) is 5.71. The summed E-state index contributed by atoms with van der Waals surface area (Å²) in [7, 11) is 2.14. The highest BCUT2D eigenvalue weighted by molar-refractivity contribution is 5.95. The lowest BCUT2D eigenvalue weighted by molar-refractivity contribution is 0.0949. The maximum Gasteiger partial charge on any atom is 0.251 e. The minimum Gasteiger partial charge on any atom is -0.352 e. The molecular weight excluding hydrogens is 269 g/mol. The van der Waals surface area contributed by atoms with Crippen LogP contribution in [0.25, 0.3) is 0 Å². The van der Waals surface area contributed by atoms with Gasteiger partial charge in [-0.25, -0.2) is 4.39 Å². The first-order valence-electron chi connectivity index (χ1n) is 7.51. The zero-order valence-electron chi connectivity index (χ0n) is 12.9. The lowest BCUT2D eigenvalue weighted by Gasteiger charge is -2.32. The van der Waals surface area contributed by atoms with Crippen LogP contribution in [0.15, 0.2) is 18.2 Å². The van der Waals surface area contributed by atoms with Crippen molar-refractivity contribution in [3.05, 3.63) is 35.1 Å². The zero-order valence-corrected chi connectivity index (χ0v) is 12.9. The van der Waals surface area contributed by atoms with Gasteiger partial charge in [-0.05, 0) is 50.7 Å². The van der Waals surface area contributed by atoms with E-state index in [-0.39, 0.29) is 11.7 Å². The first-order chi connectivity index (χ1) is 10.1. The smallest absolute Gasteiger partial charge is 0.251 e. The molecule has 1 heterocycles. The molecular formula is C16H24FN3O. The highest BCUT2D eigenvalue weighted by Gasteiger charge is 2.13. The summed E-state index contributed by atoms with van der Waals surface area (Å²) >= 11 is 0. The molecule has 0 aliphatic carbocycles. The summed E-state index contributed by atoms with van der Waals surface area (Å²) in [4.78, 5) is 16.8. The van der Waals surface area contributed by atoms with Crippen LogP contribution in [0.4, 0.5) is 4.39 Å². The van der Waals surface area contributed by atoms with Crippen molar-refractivity contribution in [2.45, 2.75) is 13.3 Å². The first-order valence-corrected chi connectivity index (χ1v) is 7.51. The zero-order chi connectivity index (χ0) is 15.2. The van der Waals surface area contributed by atoms with E-state index in [4.69, 9.17) is 0 Å². The van der Waals surface area contributed by atoms with Gasteiger partial charge in [-0.15, -0.1) is 0 Å². The van der Waals surface area contributed by atoms with Gasteiger partial charge in [0.05, 0.1) is 0 Å². The highest BCUT2D eigenvalue weighted by Crippen LogP contribution is 2.09. The average Bonchev–Trinajstić information content (AvgIpc) is 2.45. The molecule has 1 aromatic rings. The Labute approximate surface area is 125 Å². The van der Waals surface area contributed by atoms with E-state index in [1.54, 1.807) is 13.0 Å². The van der Waals surface area contributed by atoms with Gasteiger partial charge < -0.3 is 15.1 Å². The maximum absolute atomic E-state index is 13.0. The summed E-state index contributed by atoms with van der Waals surface area (Å²) in [5, 5.41) is 2.91. The summed E-state index contributed by atoms with van der Waals surface area (Å²) in [6.07, 6.45) is 0.940. The van der Waals surface area contributed by atoms with Crippen LogP contribution in [-0.4, -0.2) is 62.0 Å². The van der Waals surface area contributed by atoms with Crippen LogP contribution in [0.5, 0.6) is 0 Å². The second kappa shape index (κ2) is 7.52. The lowest BCUT2D eigenvalue weighted by atomic mass is 10.1. The van der Waals surface area contributed by atoms with Gasteiger partial charge in [0.2, 0.25) is 0 Å². The molecule has 4 nitrogen and oxygen atoms in total. The van der Waals surface area contributed by atoms with Crippen molar-refractivity contribution in [1.82, 2.24) is 15.1 Å². The van der Waals surface area contributed by atoms with Crippen molar-refractivity contribution in [1.29, 1.82) is 0 Å². The highest BCUT2D eigenvalue weighted by atomic mass is 19.1. The minimum absolute atomic E-state index is 0.120. The van der Waals surface area contributed by atoms with Crippen LogP contribution < -0.4 is 5.32 Å². The van der Waals surface area contributed by atoms with Gasteiger partial charge in [-0.1, -0.05) is 0 Å². The summed E-state index contributed by atoms with van der Waals surface area (Å²) in [6.45, 7) is 7.84. The molecule has 0 unspecified atom stereocenters. The SMILES string of the molecule is Cc1cc(F)ccc1C(=O)NCCCN1CCN(C)CC1. The number of carbonyl (C=O) groups excluding carboxylic acids is 1. The Balaban J connectivity index is 1.69. The van der Waals surface area contributed by atoms with Crippen LogP contribution in [0.1, 0.15) is 22.3 Å². The van der Waals surface area contributed by atoms with E-state index in [1.807, 2.05) is 0 Å². The number of hydrogen-bond donors (Lipinski definition) is 1. The third-order valence-electron chi connectivity index (χ3n) is 3.97. The van der Waals surface area contributed by atoms with Crippen LogP contribution in [0.2, 0.25) is 0 Å². The van der Waals surface area contributed by atoms with E-state index in [0.717, 1.165) is 39.1 Å². The van der Waals surface area contributed by atoms with Gasteiger partial charge in [0.15, 0.2) is 0 Å². The molecule has 0 aromatic heterocycles. The van der Waals surface area contributed by atoms with Crippen molar-refractivity contribution in [3.63, 3.8) is 0 Å². The molecule has 21 heavy (non-hydrogen) atoms. The van der Waals surface area contributed by atoms with Crippen molar-refractivity contribution in [2.24, 2.45) is 0 Å². The standard InChI is InChI=1S/C16H24FN3O/c1-13-12-14(17)4-5-15(13)16(21)18-6-3-7-20-10-8-19(2)9-11-20/h4-5,12H,3,6-11H2,1-2H3,(H,18,21). The predicted molar refractivity (Wildman–Crippen MR) is 82.0 cm³/mol. The van der Waals surface area contributed by atoms with Gasteiger partial charge in [0, 0.05) is 38.3 Å². The predicted octanol–water partition coefficient (Wildman–Crippen LogP) is 1.50. The number of carbonyl (C=O) groups is 1. The van der Waals surface area contributed by atoms with Crippen LogP contribution >= 0.6 is 0 Å². The van der Waals surface area contributed by atoms with Crippen molar-refractivity contribution >= 4 is 5.91 Å². The Hall–Kier alpha value is -1.46. The molecule has 1 aromatic carbocycles. The first kappa shape index (κ1) is 15.9. The molecule has 1 saturated heterocycles. The Morgan fingerprint density at radius 1 is 1.29 bits per heavy atom. The van der Waals surface area contributed by atoms with Crippen molar-refractivity contribution in [3.8, 4) is 0 Å². The molecule has 116 valence electrons. The fourth-order valence-electron chi connectivity index (χ4n) is 2.55. The molecule has 5 heteroatoms. The van der Waals surface area contributed by atoms with E-state index in [2.05, 4.69) is 22.2 Å². The summed E-state index contributed by atoms with van der Waals surface area (Å²) < 4.78 is 13.0. The van der Waals surface area contributed by atoms with Gasteiger partial charge in [0.1, 0.15) is 5.82 Å². The average molecular weight is 293 g/mol. The molecule has 0 saturated carbocycles. The molecule has 1 aliphatic heterocycles. The van der Waals surface area contributed by atoms with Crippen LogP contribution in [-0.2, 0) is 0 Å². The number of hydrogen-bond acceptors (Lipinski definition) is 3. The molecule has 2 rings (SSSR count). The maximum atomic E-state index is 13.0. The van der Waals surface area contributed by atoms with E-state index >= 15 is 0 Å². The number of nitrogens with one attached hydrogen (secondary N) is 1. The summed E-state index contributed by atoms with van der Waals surface area (Å²) in [6, 6.07) is 4.26. The number of halogens is 1. The van der Waals surface area contributed by atoms with Crippen LogP contribution in [0.3, 0.4) is 0 Å². The summed E-state index contributed by atoms with van der Waals surface area (Å²) in [5.41, 5.74) is 1.22. The number of rotatable bonds is 5. The van der Waals surface area contributed by atoms with E-state index in [9.17, 15) is 9.18 Å². The molecule has 0 bridgehead atoms. The number of nitrogens with zero attached hydrogens (tertiary/aromatic N) is 2. The van der Waals surface area contributed by atoms with E-state index in [1.165, 1.54) is 12.1 Å². The largest absolute Gasteiger partial charge is 0.352 e. The van der Waals surface area contributed by atoms with E-state index < -0.39 is 0 Å². The Kier molecular flexibility index (Phi) is 5.70. The fourth-order valence-corrected chi connectivity index (χ4v) is 2.55. The van der Waals surface area contributed by atoms with Gasteiger partial charge in [-0.2, -0.15) is 0 Å². The number of piperazine rings is 1. The minimum atomic E-state index is -0.306. The third kappa shape index (κ3) is 4.79. The Morgan fingerprint density at radius 2 is 2.00 bits per heavy atom. The third-order valence-corrected chi connectivity index (χ3v) is 3.97. The van der Waals surface area contributed by atoms with Gasteiger partial charge in [0.25, 0.3) is 5.91 Å². The van der Waals surface area contributed by atoms with Gasteiger partial charge >= 0.3 is 0 Å². The second-order valence-corrected chi connectivity index (χ2v) is 5.71. The Morgan fingerprint density at radius 3 is 2.67 bits per heavy atom. The number of benzene rings is 1. The van der Waals surface area contributed by atoms with Gasteiger partial charge in [-0.3, -0.25) is 4.79 Å². The van der Waals surface area contributed by atoms with Crippen LogP contribution in [0, 0.1) is 12.7 Å². The topological polar surface area (TPSA) is 35.6 Å². The van der Waals surface area contributed by atoms with E-state index in [0.29, 0.717) is 17.7 Å². The fraction of sp³-hybridized carbons (Fsp3) is 0.562. The molecule has 1 N–H and O–H groups in total.